The Morgan fingerprint density at radius 3 is 2.00 bits per heavy atom. The van der Waals surface area contributed by atoms with E-state index >= 15 is 0 Å². The average Bonchev–Trinajstić information content (AvgIpc) is 3.80. The maximum atomic E-state index is 6.72. The third-order valence-electron chi connectivity index (χ3n) is 11.4. The van der Waals surface area contributed by atoms with E-state index in [1.54, 1.807) is 0 Å². The summed E-state index contributed by atoms with van der Waals surface area (Å²) in [7, 11) is 0. The summed E-state index contributed by atoms with van der Waals surface area (Å²) >= 11 is 0. The lowest BCUT2D eigenvalue weighted by Crippen LogP contribution is -2.33. The monoisotopic (exact) mass is 716 g/mol. The van der Waals surface area contributed by atoms with Crippen LogP contribution < -0.4 is 5.32 Å². The van der Waals surface area contributed by atoms with E-state index in [1.165, 1.54) is 32.3 Å². The van der Waals surface area contributed by atoms with E-state index in [0.29, 0.717) is 5.84 Å². The van der Waals surface area contributed by atoms with Crippen molar-refractivity contribution in [2.45, 2.75) is 6.17 Å². The summed E-state index contributed by atoms with van der Waals surface area (Å²) in [5.41, 5.74) is 7.91. The molecule has 0 radical (unpaired) electrons. The second kappa shape index (κ2) is 12.0. The van der Waals surface area contributed by atoms with Crippen LogP contribution in [0, 0.1) is 0 Å². The van der Waals surface area contributed by atoms with Gasteiger partial charge in [-0.25, -0.2) is 9.98 Å². The molecule has 0 saturated heterocycles. The number of benzene rings is 9. The van der Waals surface area contributed by atoms with Crippen LogP contribution in [0.1, 0.15) is 22.9 Å². The number of aliphatic imine (C=N–C) groups is 2. The van der Waals surface area contributed by atoms with E-state index in [9.17, 15) is 0 Å². The summed E-state index contributed by atoms with van der Waals surface area (Å²) in [6.45, 7) is 0. The first-order chi connectivity index (χ1) is 27.7. The van der Waals surface area contributed by atoms with Gasteiger partial charge < -0.3 is 14.3 Å². The van der Waals surface area contributed by atoms with Crippen molar-refractivity contribution in [3.05, 3.63) is 199 Å². The highest BCUT2D eigenvalue weighted by Crippen LogP contribution is 2.41. The predicted molar refractivity (Wildman–Crippen MR) is 232 cm³/mol. The number of furan rings is 1. The van der Waals surface area contributed by atoms with Crippen LogP contribution in [0.15, 0.2) is 196 Å². The Balaban J connectivity index is 1.14. The second-order valence-corrected chi connectivity index (χ2v) is 14.6. The maximum Gasteiger partial charge on any atom is 0.159 e. The van der Waals surface area contributed by atoms with Gasteiger partial charge in [-0.2, -0.15) is 0 Å². The molecule has 0 amide bonds. The Hall–Kier alpha value is -7.50. The molecule has 1 atom stereocenters. The Morgan fingerprint density at radius 2 is 1.14 bits per heavy atom. The maximum absolute atomic E-state index is 6.72. The van der Waals surface area contributed by atoms with Crippen molar-refractivity contribution in [2.24, 2.45) is 9.98 Å². The number of hydrogen-bond donors (Lipinski definition) is 1. The van der Waals surface area contributed by atoms with Crippen molar-refractivity contribution >= 4 is 87.7 Å². The van der Waals surface area contributed by atoms with Gasteiger partial charge in [0.25, 0.3) is 0 Å². The molecule has 1 aliphatic rings. The van der Waals surface area contributed by atoms with E-state index in [4.69, 9.17) is 14.4 Å². The van der Waals surface area contributed by atoms with E-state index in [-0.39, 0.29) is 6.17 Å². The van der Waals surface area contributed by atoms with Gasteiger partial charge in [-0.1, -0.05) is 140 Å². The van der Waals surface area contributed by atoms with Crippen molar-refractivity contribution in [3.63, 3.8) is 0 Å². The highest BCUT2D eigenvalue weighted by atomic mass is 16.3. The number of hydrogen-bond acceptors (Lipinski definition) is 4. The fourth-order valence-electron chi connectivity index (χ4n) is 8.76. The fourth-order valence-corrected chi connectivity index (χ4v) is 8.76. The Bertz CT molecular complexity index is 3470. The Kier molecular flexibility index (Phi) is 6.63. The van der Waals surface area contributed by atoms with Gasteiger partial charge in [0.05, 0.1) is 22.1 Å². The second-order valence-electron chi connectivity index (χ2n) is 14.6. The molecular formula is C51H32N4O. The number of fused-ring (bicyclic) bond motifs is 9. The molecule has 0 saturated carbocycles. The standard InChI is InChI=1S/C51H32N4O/c1-2-14-33-26-36(25-24-31(33)12-1)49-52-50(54-51(53-49)40-21-11-17-32-13-5-6-18-38(32)40)37-29-45(48-41-20-8-10-23-46(41)56-47(48)30-37)55-43-22-9-7-19-39(43)42-27-34-15-3-4-16-35(34)28-44(42)55/h1-30,51H,(H,52,53,54). The van der Waals surface area contributed by atoms with Gasteiger partial charge in [0, 0.05) is 32.8 Å². The fraction of sp³-hybridized carbons (Fsp3) is 0.0196. The topological polar surface area (TPSA) is 54.8 Å². The van der Waals surface area contributed by atoms with Crippen molar-refractivity contribution in [3.8, 4) is 5.69 Å². The molecule has 1 aliphatic heterocycles. The lowest BCUT2D eigenvalue weighted by atomic mass is 10.0. The van der Waals surface area contributed by atoms with Crippen molar-refractivity contribution in [1.82, 2.24) is 9.88 Å². The van der Waals surface area contributed by atoms with Crippen molar-refractivity contribution < 1.29 is 4.42 Å². The lowest BCUT2D eigenvalue weighted by Gasteiger charge is -2.25. The molecule has 5 heteroatoms. The van der Waals surface area contributed by atoms with E-state index < -0.39 is 0 Å². The molecule has 0 fully saturated rings. The van der Waals surface area contributed by atoms with Gasteiger partial charge in [-0.05, 0) is 74.8 Å². The van der Waals surface area contributed by atoms with Crippen LogP contribution >= 0.6 is 0 Å². The van der Waals surface area contributed by atoms with Crippen LogP contribution in [-0.2, 0) is 0 Å². The minimum absolute atomic E-state index is 0.385. The third kappa shape index (κ3) is 4.74. The van der Waals surface area contributed by atoms with Gasteiger partial charge in [0.2, 0.25) is 0 Å². The summed E-state index contributed by atoms with van der Waals surface area (Å²) < 4.78 is 9.13. The molecule has 0 bridgehead atoms. The first-order valence-electron chi connectivity index (χ1n) is 19.0. The SMILES string of the molecule is c1ccc2cc(C3=NC(c4cccc5ccccc45)NC(c4cc(-n5c6ccccc6c6cc7ccccc7cc65)c5c(c4)oc4ccccc45)=N3)ccc2c1. The molecular weight excluding hydrogens is 685 g/mol. The minimum atomic E-state index is -0.385. The molecule has 262 valence electrons. The molecule has 1 unspecified atom stereocenters. The van der Waals surface area contributed by atoms with Crippen LogP contribution in [0.3, 0.4) is 0 Å². The number of nitrogens with one attached hydrogen (secondary N) is 1. The molecule has 5 nitrogen and oxygen atoms in total. The molecule has 56 heavy (non-hydrogen) atoms. The number of amidine groups is 2. The zero-order valence-electron chi connectivity index (χ0n) is 30.1. The largest absolute Gasteiger partial charge is 0.456 e. The number of aromatic nitrogens is 1. The van der Waals surface area contributed by atoms with Gasteiger partial charge in [0.15, 0.2) is 5.84 Å². The molecule has 2 aromatic heterocycles. The molecule has 12 rings (SSSR count). The van der Waals surface area contributed by atoms with Gasteiger partial charge in [-0.3, -0.25) is 0 Å². The zero-order valence-corrected chi connectivity index (χ0v) is 30.1. The average molecular weight is 717 g/mol. The smallest absolute Gasteiger partial charge is 0.159 e. The summed E-state index contributed by atoms with van der Waals surface area (Å²) in [6.07, 6.45) is -0.385. The predicted octanol–water partition coefficient (Wildman–Crippen LogP) is 12.6. The summed E-state index contributed by atoms with van der Waals surface area (Å²) in [5.74, 6) is 1.41. The van der Waals surface area contributed by atoms with Gasteiger partial charge in [-0.15, -0.1) is 0 Å². The van der Waals surface area contributed by atoms with Gasteiger partial charge >= 0.3 is 0 Å². The van der Waals surface area contributed by atoms with Crippen LogP contribution in [0.5, 0.6) is 0 Å². The first kappa shape index (κ1) is 30.9. The lowest BCUT2D eigenvalue weighted by molar-refractivity contribution is 0.667. The van der Waals surface area contributed by atoms with Crippen molar-refractivity contribution in [2.75, 3.05) is 0 Å². The number of nitrogens with zero attached hydrogens (tertiary/aromatic N) is 3. The van der Waals surface area contributed by atoms with E-state index in [2.05, 4.69) is 186 Å². The van der Waals surface area contributed by atoms with Crippen LogP contribution in [0.2, 0.25) is 0 Å². The molecule has 3 heterocycles. The zero-order chi connectivity index (χ0) is 36.7. The van der Waals surface area contributed by atoms with Gasteiger partial charge in [0.1, 0.15) is 23.2 Å². The van der Waals surface area contributed by atoms with Crippen LogP contribution in [0.25, 0.3) is 81.7 Å². The molecule has 11 aromatic rings. The van der Waals surface area contributed by atoms with Crippen molar-refractivity contribution in [1.29, 1.82) is 0 Å². The number of para-hydroxylation sites is 2. The highest BCUT2D eigenvalue weighted by molar-refractivity contribution is 6.19. The third-order valence-corrected chi connectivity index (χ3v) is 11.4. The molecule has 9 aromatic carbocycles. The first-order valence-corrected chi connectivity index (χ1v) is 19.0. The van der Waals surface area contributed by atoms with Crippen LogP contribution in [-0.4, -0.2) is 16.2 Å². The summed E-state index contributed by atoms with van der Waals surface area (Å²) in [6, 6.07) is 64.5. The Morgan fingerprint density at radius 1 is 0.464 bits per heavy atom. The molecule has 0 spiro atoms. The quantitative estimate of drug-likeness (QED) is 0.197. The number of rotatable bonds is 4. The normalized spacial score (nSPS) is 14.6. The van der Waals surface area contributed by atoms with Crippen LogP contribution in [0.4, 0.5) is 0 Å². The molecule has 0 aliphatic carbocycles. The Labute approximate surface area is 321 Å². The molecule has 1 N–H and O–H groups in total. The summed E-state index contributed by atoms with van der Waals surface area (Å²) in [5, 5.41) is 15.4. The highest BCUT2D eigenvalue weighted by Gasteiger charge is 2.26. The van der Waals surface area contributed by atoms with E-state index in [0.717, 1.165) is 72.0 Å². The minimum Gasteiger partial charge on any atom is -0.456 e. The summed E-state index contributed by atoms with van der Waals surface area (Å²) in [4.78, 5) is 10.7. The van der Waals surface area contributed by atoms with E-state index in [1.807, 2.05) is 6.07 Å².